The number of aromatic nitrogens is 1. The highest BCUT2D eigenvalue weighted by atomic mass is 16.1. The largest absolute Gasteiger partial charge is 0.372 e. The fraction of sp³-hybridized carbons (Fsp3) is 0.259. The van der Waals surface area contributed by atoms with E-state index in [-0.39, 0.29) is 5.57 Å². The van der Waals surface area contributed by atoms with Gasteiger partial charge in [-0.1, -0.05) is 17.7 Å². The van der Waals surface area contributed by atoms with Gasteiger partial charge in [-0.05, 0) is 88.7 Å². The topological polar surface area (TPSA) is 61.1 Å². The highest BCUT2D eigenvalue weighted by Gasteiger charge is 2.14. The van der Waals surface area contributed by atoms with Gasteiger partial charge >= 0.3 is 0 Å². The smallest absolute Gasteiger partial charge is 0.266 e. The van der Waals surface area contributed by atoms with Crippen molar-refractivity contribution < 1.29 is 4.79 Å². The summed E-state index contributed by atoms with van der Waals surface area (Å²) in [4.78, 5) is 15.0. The highest BCUT2D eigenvalue weighted by molar-refractivity contribution is 6.09. The van der Waals surface area contributed by atoms with Gasteiger partial charge < -0.3 is 14.8 Å². The molecule has 2 aromatic carbocycles. The van der Waals surface area contributed by atoms with E-state index in [2.05, 4.69) is 52.9 Å². The molecule has 0 bridgehead atoms. The van der Waals surface area contributed by atoms with Crippen molar-refractivity contribution >= 4 is 23.4 Å². The average Bonchev–Trinajstić information content (AvgIpc) is 3.07. The van der Waals surface area contributed by atoms with Gasteiger partial charge in [0.1, 0.15) is 11.6 Å². The maximum absolute atomic E-state index is 12.7. The molecule has 0 saturated heterocycles. The van der Waals surface area contributed by atoms with Crippen molar-refractivity contribution in [3.63, 3.8) is 0 Å². The monoisotopic (exact) mass is 426 g/mol. The Bertz CT molecular complexity index is 1160. The number of aryl methyl sites for hydroxylation is 2. The van der Waals surface area contributed by atoms with Gasteiger partial charge in [-0.2, -0.15) is 5.26 Å². The zero-order chi connectivity index (χ0) is 23.3. The number of anilines is 2. The van der Waals surface area contributed by atoms with Crippen LogP contribution in [-0.4, -0.2) is 23.6 Å². The second kappa shape index (κ2) is 10.0. The van der Waals surface area contributed by atoms with Crippen LogP contribution in [0.15, 0.2) is 60.2 Å². The molecular formula is C27H30N4O. The lowest BCUT2D eigenvalue weighted by Crippen LogP contribution is -2.21. The Labute approximate surface area is 190 Å². The van der Waals surface area contributed by atoms with Gasteiger partial charge in [0.25, 0.3) is 5.91 Å². The van der Waals surface area contributed by atoms with E-state index in [1.165, 1.54) is 5.69 Å². The predicted octanol–water partition coefficient (Wildman–Crippen LogP) is 5.79. The first-order chi connectivity index (χ1) is 15.4. The number of nitriles is 1. The fourth-order valence-electron chi connectivity index (χ4n) is 3.87. The Morgan fingerprint density at radius 2 is 1.66 bits per heavy atom. The molecule has 5 nitrogen and oxygen atoms in total. The molecular weight excluding hydrogens is 396 g/mol. The van der Waals surface area contributed by atoms with Crippen LogP contribution in [-0.2, 0) is 4.79 Å². The molecule has 1 aromatic heterocycles. The van der Waals surface area contributed by atoms with Crippen molar-refractivity contribution in [2.75, 3.05) is 23.3 Å². The molecule has 3 aromatic rings. The summed E-state index contributed by atoms with van der Waals surface area (Å²) in [5.74, 6) is -0.412. The normalized spacial score (nSPS) is 11.2. The number of rotatable bonds is 7. The zero-order valence-electron chi connectivity index (χ0n) is 19.4. The fourth-order valence-corrected chi connectivity index (χ4v) is 3.87. The first-order valence-corrected chi connectivity index (χ1v) is 10.9. The Morgan fingerprint density at radius 1 is 1.03 bits per heavy atom. The number of hydrogen-bond acceptors (Lipinski definition) is 3. The van der Waals surface area contributed by atoms with E-state index < -0.39 is 5.91 Å². The van der Waals surface area contributed by atoms with Crippen LogP contribution in [0.1, 0.15) is 36.4 Å². The molecule has 32 heavy (non-hydrogen) atoms. The molecule has 0 aliphatic heterocycles. The van der Waals surface area contributed by atoms with Crippen molar-refractivity contribution in [1.29, 1.82) is 5.26 Å². The Morgan fingerprint density at radius 3 is 2.22 bits per heavy atom. The minimum Gasteiger partial charge on any atom is -0.372 e. The molecule has 0 aliphatic carbocycles. The third kappa shape index (κ3) is 4.92. The third-order valence-corrected chi connectivity index (χ3v) is 5.68. The van der Waals surface area contributed by atoms with Gasteiger partial charge in [-0.25, -0.2) is 0 Å². The van der Waals surface area contributed by atoms with E-state index in [4.69, 9.17) is 0 Å². The average molecular weight is 427 g/mol. The van der Waals surface area contributed by atoms with Crippen LogP contribution >= 0.6 is 0 Å². The Hall–Kier alpha value is -3.78. The lowest BCUT2D eigenvalue weighted by Gasteiger charge is -2.21. The molecule has 0 aliphatic rings. The van der Waals surface area contributed by atoms with Gasteiger partial charge in [0, 0.05) is 41.5 Å². The Kier molecular flexibility index (Phi) is 7.17. The summed E-state index contributed by atoms with van der Waals surface area (Å²) in [6.07, 6.45) is 1.66. The van der Waals surface area contributed by atoms with Crippen LogP contribution < -0.4 is 10.2 Å². The summed E-state index contributed by atoms with van der Waals surface area (Å²) in [5.41, 5.74) is 6.97. The lowest BCUT2D eigenvalue weighted by atomic mass is 10.1. The molecule has 3 rings (SSSR count). The van der Waals surface area contributed by atoms with E-state index >= 15 is 0 Å². The van der Waals surface area contributed by atoms with Crippen LogP contribution in [0, 0.1) is 32.1 Å². The zero-order valence-corrected chi connectivity index (χ0v) is 19.4. The number of nitrogens with zero attached hydrogens (tertiary/aromatic N) is 3. The van der Waals surface area contributed by atoms with Crippen molar-refractivity contribution in [2.24, 2.45) is 0 Å². The van der Waals surface area contributed by atoms with E-state index in [1.807, 2.05) is 57.2 Å². The van der Waals surface area contributed by atoms with Gasteiger partial charge in [0.05, 0.1) is 0 Å². The van der Waals surface area contributed by atoms with Crippen LogP contribution in [0.3, 0.4) is 0 Å². The molecule has 0 atom stereocenters. The molecule has 5 heteroatoms. The summed E-state index contributed by atoms with van der Waals surface area (Å²) in [7, 11) is 0. The summed E-state index contributed by atoms with van der Waals surface area (Å²) in [6.45, 7) is 12.3. The first-order valence-electron chi connectivity index (χ1n) is 10.9. The number of nitrogens with one attached hydrogen (secondary N) is 1. The Balaban J connectivity index is 1.88. The van der Waals surface area contributed by atoms with E-state index in [0.29, 0.717) is 5.69 Å². The van der Waals surface area contributed by atoms with Crippen molar-refractivity contribution in [1.82, 2.24) is 4.57 Å². The van der Waals surface area contributed by atoms with Crippen LogP contribution in [0.2, 0.25) is 0 Å². The van der Waals surface area contributed by atoms with Gasteiger partial charge in [-0.15, -0.1) is 0 Å². The SMILES string of the molecule is CCN(CC)c1ccc(-n2c(C)cc(/C=C(/C#N)C(=O)Nc3ccc(C)cc3)c2C)cc1. The van der Waals surface area contributed by atoms with Gasteiger partial charge in [-0.3, -0.25) is 4.79 Å². The molecule has 0 fully saturated rings. The second-order valence-electron chi connectivity index (χ2n) is 7.84. The minimum absolute atomic E-state index is 0.0720. The third-order valence-electron chi connectivity index (χ3n) is 5.68. The van der Waals surface area contributed by atoms with Crippen molar-refractivity contribution in [2.45, 2.75) is 34.6 Å². The van der Waals surface area contributed by atoms with Gasteiger partial charge in [0.15, 0.2) is 0 Å². The summed E-state index contributed by atoms with van der Waals surface area (Å²) >= 11 is 0. The summed E-state index contributed by atoms with van der Waals surface area (Å²) < 4.78 is 2.14. The van der Waals surface area contributed by atoms with Gasteiger partial charge in [0.2, 0.25) is 0 Å². The molecule has 0 saturated carbocycles. The van der Waals surface area contributed by atoms with Crippen molar-refractivity contribution in [3.05, 3.63) is 82.7 Å². The minimum atomic E-state index is -0.412. The summed E-state index contributed by atoms with van der Waals surface area (Å²) in [6, 6.07) is 20.0. The van der Waals surface area contributed by atoms with Crippen LogP contribution in [0.4, 0.5) is 11.4 Å². The molecule has 0 spiro atoms. The molecule has 0 radical (unpaired) electrons. The molecule has 164 valence electrons. The number of carbonyl (C=O) groups is 1. The quantitative estimate of drug-likeness (QED) is 0.384. The standard InChI is InChI=1S/C27H30N4O/c1-6-30(7-2)25-12-14-26(15-13-25)31-20(4)16-22(21(31)5)17-23(18-28)27(32)29-24-10-8-19(3)9-11-24/h8-17H,6-7H2,1-5H3,(H,29,32)/b23-17-. The van der Waals surface area contributed by atoms with E-state index in [1.54, 1.807) is 6.08 Å². The van der Waals surface area contributed by atoms with Crippen LogP contribution in [0.25, 0.3) is 11.8 Å². The predicted molar refractivity (Wildman–Crippen MR) is 132 cm³/mol. The molecule has 1 N–H and O–H groups in total. The molecule has 0 unspecified atom stereocenters. The number of benzene rings is 2. The number of carbonyl (C=O) groups excluding carboxylic acids is 1. The summed E-state index contributed by atoms with van der Waals surface area (Å²) in [5, 5.41) is 12.4. The number of hydrogen-bond donors (Lipinski definition) is 1. The number of amides is 1. The van der Waals surface area contributed by atoms with Crippen LogP contribution in [0.5, 0.6) is 0 Å². The first kappa shape index (κ1) is 22.9. The maximum Gasteiger partial charge on any atom is 0.266 e. The van der Waals surface area contributed by atoms with E-state index in [9.17, 15) is 10.1 Å². The van der Waals surface area contributed by atoms with E-state index in [0.717, 1.165) is 41.3 Å². The maximum atomic E-state index is 12.7. The van der Waals surface area contributed by atoms with Crippen molar-refractivity contribution in [3.8, 4) is 11.8 Å². The lowest BCUT2D eigenvalue weighted by molar-refractivity contribution is -0.112. The highest BCUT2D eigenvalue weighted by Crippen LogP contribution is 2.25. The second-order valence-corrected chi connectivity index (χ2v) is 7.84. The molecule has 1 amide bonds. The molecule has 1 heterocycles.